The van der Waals surface area contributed by atoms with Crippen LogP contribution in [0.3, 0.4) is 0 Å². The van der Waals surface area contributed by atoms with E-state index in [1.54, 1.807) is 55.6 Å². The molecule has 3 heterocycles. The molecular formula is C30H26F4N6. The lowest BCUT2D eigenvalue weighted by Gasteiger charge is -2.14. The number of aromatic amines is 1. The zero-order valence-corrected chi connectivity index (χ0v) is 21.8. The van der Waals surface area contributed by atoms with Gasteiger partial charge in [-0.3, -0.25) is 5.10 Å². The SMILES string of the molecule is C=C/C(=C\C(=C/C)c1ccc2[nH]nc(C(=C)Nc3nccc(-c4ccccc4F)c3C)c2n1)NC(=C)C(F)(F)F. The topological polar surface area (TPSA) is 78.5 Å². The molecule has 0 spiro atoms. The Morgan fingerprint density at radius 1 is 1.05 bits per heavy atom. The van der Waals surface area contributed by atoms with E-state index in [4.69, 9.17) is 4.98 Å². The number of hydrogen-bond donors (Lipinski definition) is 3. The standard InChI is InChI=1S/C30H26F4N6/c1-6-20(16-21(7-2)37-19(5)30(32,33)34)25-12-13-26-28(38-25)27(40-39-26)18(4)36-29-17(3)22(14-15-35-29)23-10-8-9-11-24(23)31/h6-16,37H,2,4-5H2,1,3H3,(H,35,36)(H,39,40)/b20-6+,21-16+. The molecule has 0 aliphatic heterocycles. The van der Waals surface area contributed by atoms with Gasteiger partial charge in [-0.1, -0.05) is 44.0 Å². The van der Waals surface area contributed by atoms with E-state index in [1.165, 1.54) is 18.2 Å². The highest BCUT2D eigenvalue weighted by molar-refractivity contribution is 5.91. The number of alkyl halides is 3. The lowest BCUT2D eigenvalue weighted by Crippen LogP contribution is -2.24. The number of fused-ring (bicyclic) bond motifs is 1. The van der Waals surface area contributed by atoms with Gasteiger partial charge in [0.1, 0.15) is 28.5 Å². The normalized spacial score (nSPS) is 12.3. The molecule has 0 aliphatic carbocycles. The van der Waals surface area contributed by atoms with Crippen LogP contribution in [0.1, 0.15) is 23.9 Å². The van der Waals surface area contributed by atoms with E-state index in [1.807, 2.05) is 6.92 Å². The summed E-state index contributed by atoms with van der Waals surface area (Å²) in [6.45, 7) is 14.3. The van der Waals surface area contributed by atoms with Gasteiger partial charge in [-0.05, 0) is 67.0 Å². The summed E-state index contributed by atoms with van der Waals surface area (Å²) in [6, 6.07) is 11.7. The molecule has 0 unspecified atom stereocenters. The molecule has 10 heteroatoms. The van der Waals surface area contributed by atoms with Gasteiger partial charge in [0.05, 0.1) is 16.9 Å². The number of allylic oxidation sites excluding steroid dienone is 5. The van der Waals surface area contributed by atoms with Crippen molar-refractivity contribution >= 4 is 28.1 Å². The van der Waals surface area contributed by atoms with Crippen molar-refractivity contribution in [2.75, 3.05) is 5.32 Å². The highest BCUT2D eigenvalue weighted by atomic mass is 19.4. The monoisotopic (exact) mass is 546 g/mol. The van der Waals surface area contributed by atoms with E-state index in [2.05, 4.69) is 45.6 Å². The Hall–Kier alpha value is -4.99. The van der Waals surface area contributed by atoms with Gasteiger partial charge >= 0.3 is 6.18 Å². The molecule has 3 aromatic heterocycles. The van der Waals surface area contributed by atoms with Crippen LogP contribution in [0.2, 0.25) is 0 Å². The summed E-state index contributed by atoms with van der Waals surface area (Å²) in [5.74, 6) is 0.129. The van der Waals surface area contributed by atoms with Crippen molar-refractivity contribution in [3.8, 4) is 11.1 Å². The number of rotatable bonds is 9. The molecule has 0 atom stereocenters. The second-order valence-electron chi connectivity index (χ2n) is 8.73. The maximum atomic E-state index is 14.4. The van der Waals surface area contributed by atoms with Crippen LogP contribution in [-0.4, -0.2) is 26.3 Å². The average molecular weight is 547 g/mol. The van der Waals surface area contributed by atoms with Crippen LogP contribution >= 0.6 is 0 Å². The fourth-order valence-electron chi connectivity index (χ4n) is 3.97. The van der Waals surface area contributed by atoms with Gasteiger partial charge in [-0.25, -0.2) is 14.4 Å². The van der Waals surface area contributed by atoms with E-state index in [-0.39, 0.29) is 11.5 Å². The van der Waals surface area contributed by atoms with E-state index < -0.39 is 11.9 Å². The molecule has 1 aromatic carbocycles. The van der Waals surface area contributed by atoms with Crippen molar-refractivity contribution in [1.29, 1.82) is 0 Å². The minimum atomic E-state index is -4.60. The van der Waals surface area contributed by atoms with Gasteiger partial charge in [0.25, 0.3) is 0 Å². The van der Waals surface area contributed by atoms with Crippen molar-refractivity contribution in [2.24, 2.45) is 0 Å². The Morgan fingerprint density at radius 2 is 1.80 bits per heavy atom. The molecule has 0 radical (unpaired) electrons. The van der Waals surface area contributed by atoms with Gasteiger partial charge in [0.15, 0.2) is 0 Å². The Labute approximate surface area is 228 Å². The zero-order valence-electron chi connectivity index (χ0n) is 21.8. The first-order valence-corrected chi connectivity index (χ1v) is 12.1. The largest absolute Gasteiger partial charge is 0.430 e. The summed E-state index contributed by atoms with van der Waals surface area (Å²) in [4.78, 5) is 9.09. The molecule has 4 rings (SSSR count). The third-order valence-corrected chi connectivity index (χ3v) is 6.11. The summed E-state index contributed by atoms with van der Waals surface area (Å²) in [7, 11) is 0. The maximum absolute atomic E-state index is 14.4. The van der Waals surface area contributed by atoms with Crippen LogP contribution in [0.4, 0.5) is 23.4 Å². The number of benzene rings is 1. The van der Waals surface area contributed by atoms with Crippen molar-refractivity contribution < 1.29 is 17.6 Å². The van der Waals surface area contributed by atoms with Gasteiger partial charge in [-0.15, -0.1) is 0 Å². The highest BCUT2D eigenvalue weighted by Crippen LogP contribution is 2.31. The number of H-pyrrole nitrogens is 1. The third-order valence-electron chi connectivity index (χ3n) is 6.11. The van der Waals surface area contributed by atoms with Gasteiger partial charge < -0.3 is 10.6 Å². The second kappa shape index (κ2) is 11.4. The lowest BCUT2D eigenvalue weighted by molar-refractivity contribution is -0.0952. The van der Waals surface area contributed by atoms with Crippen LogP contribution in [0.15, 0.2) is 98.0 Å². The first kappa shape index (κ1) is 28.0. The fourth-order valence-corrected chi connectivity index (χ4v) is 3.97. The van der Waals surface area contributed by atoms with Gasteiger partial charge in [0.2, 0.25) is 0 Å². The number of nitrogens with one attached hydrogen (secondary N) is 3. The molecule has 4 aromatic rings. The van der Waals surface area contributed by atoms with Crippen LogP contribution in [0.5, 0.6) is 0 Å². The molecule has 0 bridgehead atoms. The number of nitrogens with zero attached hydrogens (tertiary/aromatic N) is 3. The molecule has 204 valence electrons. The number of hydrogen-bond acceptors (Lipinski definition) is 5. The fraction of sp³-hybridized carbons (Fsp3) is 0.100. The quantitative estimate of drug-likeness (QED) is 0.148. The first-order valence-electron chi connectivity index (χ1n) is 12.1. The summed E-state index contributed by atoms with van der Waals surface area (Å²) < 4.78 is 53.3. The predicted octanol–water partition coefficient (Wildman–Crippen LogP) is 7.69. The minimum absolute atomic E-state index is 0.104. The summed E-state index contributed by atoms with van der Waals surface area (Å²) in [5, 5.41) is 12.7. The first-order chi connectivity index (χ1) is 19.0. The van der Waals surface area contributed by atoms with Crippen LogP contribution in [0, 0.1) is 12.7 Å². The highest BCUT2D eigenvalue weighted by Gasteiger charge is 2.32. The van der Waals surface area contributed by atoms with Crippen LogP contribution in [0.25, 0.3) is 33.4 Å². The zero-order chi connectivity index (χ0) is 29.0. The molecule has 40 heavy (non-hydrogen) atoms. The molecule has 0 aliphatic rings. The Morgan fingerprint density at radius 3 is 2.48 bits per heavy atom. The predicted molar refractivity (Wildman–Crippen MR) is 151 cm³/mol. The van der Waals surface area contributed by atoms with Crippen molar-refractivity contribution in [2.45, 2.75) is 20.0 Å². The Balaban J connectivity index is 1.65. The third kappa shape index (κ3) is 5.85. The smallest absolute Gasteiger partial charge is 0.352 e. The summed E-state index contributed by atoms with van der Waals surface area (Å²) >= 11 is 0. The number of aromatic nitrogens is 4. The second-order valence-corrected chi connectivity index (χ2v) is 8.73. The summed E-state index contributed by atoms with van der Waals surface area (Å²) in [6.07, 6.45) is 1.44. The van der Waals surface area contributed by atoms with E-state index in [9.17, 15) is 17.6 Å². The van der Waals surface area contributed by atoms with Crippen LogP contribution in [-0.2, 0) is 0 Å². The molecule has 0 saturated carbocycles. The minimum Gasteiger partial charge on any atom is -0.352 e. The van der Waals surface area contributed by atoms with Crippen molar-refractivity contribution in [3.05, 3.63) is 121 Å². The summed E-state index contributed by atoms with van der Waals surface area (Å²) in [5.41, 5.74) is 3.79. The maximum Gasteiger partial charge on any atom is 0.430 e. The van der Waals surface area contributed by atoms with Gasteiger partial charge in [0, 0.05) is 17.5 Å². The molecule has 0 amide bonds. The molecule has 0 fully saturated rings. The number of halogens is 4. The lowest BCUT2D eigenvalue weighted by atomic mass is 10.0. The van der Waals surface area contributed by atoms with E-state index in [0.717, 1.165) is 0 Å². The van der Waals surface area contributed by atoms with E-state index in [0.29, 0.717) is 56.2 Å². The van der Waals surface area contributed by atoms with Gasteiger partial charge in [-0.2, -0.15) is 18.3 Å². The molecule has 3 N–H and O–H groups in total. The molecule has 6 nitrogen and oxygen atoms in total. The molecule has 0 saturated heterocycles. The Bertz CT molecular complexity index is 1680. The van der Waals surface area contributed by atoms with Crippen molar-refractivity contribution in [3.63, 3.8) is 0 Å². The van der Waals surface area contributed by atoms with Crippen molar-refractivity contribution in [1.82, 2.24) is 25.5 Å². The Kier molecular flexibility index (Phi) is 7.99. The van der Waals surface area contributed by atoms with E-state index >= 15 is 0 Å². The number of anilines is 1. The number of pyridine rings is 2. The molecular weight excluding hydrogens is 520 g/mol. The van der Waals surface area contributed by atoms with Crippen LogP contribution < -0.4 is 10.6 Å². The average Bonchev–Trinajstić information content (AvgIpc) is 3.35.